The molecule has 0 aromatic heterocycles. The number of carbonyl (C=O) groups is 2. The summed E-state index contributed by atoms with van der Waals surface area (Å²) in [5, 5.41) is 0.000708. The average molecular weight is 433 g/mol. The van der Waals surface area contributed by atoms with Crippen molar-refractivity contribution < 1.29 is 27.5 Å². The standard InChI is InChI=1S/C18H25ClN2O6S/c1-11-9-21(10-12(2)26-11)28(24,25)16-8-14(6-7-15(16)19)18(23)27-13(3)17(22)20(4)5/h6-8,11-13H,9-10H2,1-5H3. The quantitative estimate of drug-likeness (QED) is 0.658. The summed E-state index contributed by atoms with van der Waals surface area (Å²) in [7, 11) is -0.843. The molecule has 1 aromatic rings. The van der Waals surface area contributed by atoms with E-state index in [1.54, 1.807) is 27.9 Å². The van der Waals surface area contributed by atoms with Crippen molar-refractivity contribution in [2.24, 2.45) is 0 Å². The molecule has 1 fully saturated rings. The molecule has 0 bridgehead atoms. The highest BCUT2D eigenvalue weighted by atomic mass is 35.5. The van der Waals surface area contributed by atoms with E-state index in [1.807, 2.05) is 0 Å². The molecule has 1 aliphatic heterocycles. The summed E-state index contributed by atoms with van der Waals surface area (Å²) in [6.07, 6.45) is -1.52. The molecule has 1 saturated heterocycles. The molecular weight excluding hydrogens is 408 g/mol. The van der Waals surface area contributed by atoms with Crippen molar-refractivity contribution in [3.05, 3.63) is 28.8 Å². The van der Waals surface area contributed by atoms with Crippen LogP contribution in [0.3, 0.4) is 0 Å². The Hall–Kier alpha value is -1.68. The van der Waals surface area contributed by atoms with E-state index in [4.69, 9.17) is 21.1 Å². The number of carbonyl (C=O) groups excluding carboxylic acids is 2. The van der Waals surface area contributed by atoms with Gasteiger partial charge in [0.1, 0.15) is 4.90 Å². The summed E-state index contributed by atoms with van der Waals surface area (Å²) in [5.74, 6) is -1.19. The Balaban J connectivity index is 2.29. The molecule has 8 nitrogen and oxygen atoms in total. The number of morpholine rings is 1. The Morgan fingerprint density at radius 3 is 2.36 bits per heavy atom. The summed E-state index contributed by atoms with van der Waals surface area (Å²) in [4.78, 5) is 25.4. The second-order valence-electron chi connectivity index (χ2n) is 7.00. The predicted octanol–water partition coefficient (Wildman–Crippen LogP) is 1.77. The molecule has 1 heterocycles. The van der Waals surface area contributed by atoms with Gasteiger partial charge in [0, 0.05) is 27.2 Å². The Bertz CT molecular complexity index is 848. The summed E-state index contributed by atoms with van der Waals surface area (Å²) < 4.78 is 38.1. The van der Waals surface area contributed by atoms with Crippen LogP contribution in [-0.2, 0) is 24.3 Å². The fourth-order valence-corrected chi connectivity index (χ4v) is 5.03. The number of nitrogens with zero attached hydrogens (tertiary/aromatic N) is 2. The maximum Gasteiger partial charge on any atom is 0.338 e. The average Bonchev–Trinajstić information content (AvgIpc) is 2.60. The Labute approximate surface area is 170 Å². The van der Waals surface area contributed by atoms with Crippen molar-refractivity contribution in [2.45, 2.75) is 44.0 Å². The summed E-state index contributed by atoms with van der Waals surface area (Å²) >= 11 is 6.13. The van der Waals surface area contributed by atoms with Gasteiger partial charge in [-0.2, -0.15) is 4.31 Å². The molecule has 1 aromatic carbocycles. The number of rotatable bonds is 5. The maximum absolute atomic E-state index is 13.1. The first kappa shape index (κ1) is 22.6. The number of sulfonamides is 1. The van der Waals surface area contributed by atoms with Crippen LogP contribution >= 0.6 is 11.6 Å². The number of likely N-dealkylation sites (N-methyl/N-ethyl adjacent to an activating group) is 1. The number of benzene rings is 1. The summed E-state index contributed by atoms with van der Waals surface area (Å²) in [6.45, 7) is 5.40. The van der Waals surface area contributed by atoms with E-state index >= 15 is 0 Å². The van der Waals surface area contributed by atoms with Crippen molar-refractivity contribution in [3.63, 3.8) is 0 Å². The summed E-state index contributed by atoms with van der Waals surface area (Å²) in [6, 6.07) is 3.87. The number of hydrogen-bond donors (Lipinski definition) is 0. The minimum Gasteiger partial charge on any atom is -0.449 e. The third-order valence-corrected chi connectivity index (χ3v) is 6.56. The van der Waals surface area contributed by atoms with Crippen LogP contribution in [-0.4, -0.2) is 75.0 Å². The van der Waals surface area contributed by atoms with Crippen LogP contribution in [0.15, 0.2) is 23.1 Å². The molecule has 156 valence electrons. The number of hydrogen-bond acceptors (Lipinski definition) is 6. The normalized spacial score (nSPS) is 21.8. The number of esters is 1. The molecule has 0 N–H and O–H groups in total. The Morgan fingerprint density at radius 2 is 1.82 bits per heavy atom. The first-order chi connectivity index (χ1) is 12.9. The molecule has 3 atom stereocenters. The van der Waals surface area contributed by atoms with E-state index < -0.39 is 22.1 Å². The Kier molecular flexibility index (Phi) is 7.08. The lowest BCUT2D eigenvalue weighted by molar-refractivity contribution is -0.137. The molecule has 0 radical (unpaired) electrons. The maximum atomic E-state index is 13.1. The number of ether oxygens (including phenoxy) is 2. The lowest BCUT2D eigenvalue weighted by Crippen LogP contribution is -2.48. The van der Waals surface area contributed by atoms with Gasteiger partial charge in [-0.25, -0.2) is 13.2 Å². The molecule has 0 saturated carbocycles. The van der Waals surface area contributed by atoms with E-state index in [2.05, 4.69) is 0 Å². The molecule has 1 amide bonds. The monoisotopic (exact) mass is 432 g/mol. The van der Waals surface area contributed by atoms with Crippen LogP contribution in [0.1, 0.15) is 31.1 Å². The lowest BCUT2D eigenvalue weighted by atomic mass is 10.2. The molecule has 0 spiro atoms. The molecule has 2 rings (SSSR count). The van der Waals surface area contributed by atoms with Gasteiger partial charge in [0.25, 0.3) is 5.91 Å². The molecule has 0 aliphatic carbocycles. The van der Waals surface area contributed by atoms with E-state index in [9.17, 15) is 18.0 Å². The van der Waals surface area contributed by atoms with Crippen LogP contribution in [0.5, 0.6) is 0 Å². The third-order valence-electron chi connectivity index (χ3n) is 4.24. The van der Waals surface area contributed by atoms with E-state index in [1.165, 1.54) is 34.3 Å². The van der Waals surface area contributed by atoms with E-state index in [-0.39, 0.29) is 46.7 Å². The Morgan fingerprint density at radius 1 is 1.25 bits per heavy atom. The van der Waals surface area contributed by atoms with Gasteiger partial charge in [-0.3, -0.25) is 4.79 Å². The van der Waals surface area contributed by atoms with Gasteiger partial charge < -0.3 is 14.4 Å². The smallest absolute Gasteiger partial charge is 0.338 e. The van der Waals surface area contributed by atoms with Crippen LogP contribution in [0, 0.1) is 0 Å². The topological polar surface area (TPSA) is 93.2 Å². The SMILES string of the molecule is CC1CN(S(=O)(=O)c2cc(C(=O)OC(C)C(=O)N(C)C)ccc2Cl)CC(C)O1. The largest absolute Gasteiger partial charge is 0.449 e. The van der Waals surface area contributed by atoms with Crippen molar-refractivity contribution >= 4 is 33.5 Å². The fourth-order valence-electron chi connectivity index (χ4n) is 2.94. The van der Waals surface area contributed by atoms with Crippen LogP contribution in [0.2, 0.25) is 5.02 Å². The highest BCUT2D eigenvalue weighted by Gasteiger charge is 2.34. The zero-order valence-electron chi connectivity index (χ0n) is 16.5. The first-order valence-electron chi connectivity index (χ1n) is 8.80. The van der Waals surface area contributed by atoms with Gasteiger partial charge in [-0.05, 0) is 39.0 Å². The van der Waals surface area contributed by atoms with Gasteiger partial charge >= 0.3 is 5.97 Å². The van der Waals surface area contributed by atoms with E-state index in [0.29, 0.717) is 0 Å². The molecule has 3 unspecified atom stereocenters. The molecule has 10 heteroatoms. The summed E-state index contributed by atoms with van der Waals surface area (Å²) in [5.41, 5.74) is -0.00395. The van der Waals surface area contributed by atoms with Gasteiger partial charge in [0.15, 0.2) is 6.10 Å². The first-order valence-corrected chi connectivity index (χ1v) is 10.6. The molecule has 28 heavy (non-hydrogen) atoms. The van der Waals surface area contributed by atoms with Crippen LogP contribution in [0.25, 0.3) is 0 Å². The zero-order chi connectivity index (χ0) is 21.2. The van der Waals surface area contributed by atoms with Crippen molar-refractivity contribution in [3.8, 4) is 0 Å². The second-order valence-corrected chi connectivity index (χ2v) is 9.32. The van der Waals surface area contributed by atoms with Gasteiger partial charge in [0.2, 0.25) is 10.0 Å². The van der Waals surface area contributed by atoms with Crippen LogP contribution in [0.4, 0.5) is 0 Å². The van der Waals surface area contributed by atoms with Crippen molar-refractivity contribution in [1.29, 1.82) is 0 Å². The second kappa shape index (κ2) is 8.77. The molecular formula is C18H25ClN2O6S. The minimum absolute atomic E-state index is 0.000708. The van der Waals surface area contributed by atoms with Crippen LogP contribution < -0.4 is 0 Å². The lowest BCUT2D eigenvalue weighted by Gasteiger charge is -2.34. The minimum atomic E-state index is -3.93. The zero-order valence-corrected chi connectivity index (χ0v) is 18.1. The van der Waals surface area contributed by atoms with Crippen molar-refractivity contribution in [1.82, 2.24) is 9.21 Å². The predicted molar refractivity (Wildman–Crippen MR) is 104 cm³/mol. The van der Waals surface area contributed by atoms with Crippen molar-refractivity contribution in [2.75, 3.05) is 27.2 Å². The van der Waals surface area contributed by atoms with Gasteiger partial charge in [-0.1, -0.05) is 11.6 Å². The highest BCUT2D eigenvalue weighted by molar-refractivity contribution is 7.89. The number of halogens is 1. The van der Waals surface area contributed by atoms with Gasteiger partial charge in [0.05, 0.1) is 22.8 Å². The fraction of sp³-hybridized carbons (Fsp3) is 0.556. The highest BCUT2D eigenvalue weighted by Crippen LogP contribution is 2.28. The molecule has 1 aliphatic rings. The third kappa shape index (κ3) is 5.02. The number of amides is 1. The van der Waals surface area contributed by atoms with E-state index in [0.717, 1.165) is 0 Å². The van der Waals surface area contributed by atoms with Gasteiger partial charge in [-0.15, -0.1) is 0 Å².